The number of benzene rings is 3. The zero-order valence-corrected chi connectivity index (χ0v) is 51.1. The van der Waals surface area contributed by atoms with E-state index in [9.17, 15) is 29.7 Å². The van der Waals surface area contributed by atoms with Crippen LogP contribution in [0.2, 0.25) is 0 Å². The number of aliphatic hydroxyl groups is 2. The van der Waals surface area contributed by atoms with Gasteiger partial charge in [0.2, 0.25) is 0 Å². The van der Waals surface area contributed by atoms with Gasteiger partial charge in [0, 0.05) is 163 Å². The summed E-state index contributed by atoms with van der Waals surface area (Å²) in [5.74, 6) is -6.44. The number of nitrogens with one attached hydrogen (secondary N) is 1. The van der Waals surface area contributed by atoms with E-state index in [4.69, 9.17) is 33.1 Å². The van der Waals surface area contributed by atoms with Gasteiger partial charge < -0.3 is 63.1 Å². The van der Waals surface area contributed by atoms with Crippen LogP contribution in [-0.4, -0.2) is 178 Å². The van der Waals surface area contributed by atoms with E-state index in [1.807, 2.05) is 24.7 Å². The number of anilines is 2. The Balaban J connectivity index is 1.13. The summed E-state index contributed by atoms with van der Waals surface area (Å²) in [7, 11) is 1.46. The number of nitrogens with zero attached hydrogens (tertiary/aromatic N) is 7. The van der Waals surface area contributed by atoms with Gasteiger partial charge in [0.15, 0.2) is 28.1 Å². The van der Waals surface area contributed by atoms with E-state index in [1.54, 1.807) is 53.0 Å². The number of imidazole rings is 1. The molecule has 4 aliphatic heterocycles. The molecule has 4 bridgehead atoms. The number of phenols is 1. The Morgan fingerprint density at radius 2 is 1.58 bits per heavy atom. The Morgan fingerprint density at radius 3 is 2.25 bits per heavy atom. The summed E-state index contributed by atoms with van der Waals surface area (Å²) in [6, 6.07) is 3.82. The quantitative estimate of drug-likeness (QED) is 0.0277. The number of aromatic hydroxyl groups is 1. The van der Waals surface area contributed by atoms with Crippen molar-refractivity contribution >= 4 is 62.0 Å². The van der Waals surface area contributed by atoms with Gasteiger partial charge in [-0.2, -0.15) is 0 Å². The van der Waals surface area contributed by atoms with Crippen molar-refractivity contribution in [1.82, 2.24) is 29.2 Å². The second-order valence-corrected chi connectivity index (χ2v) is 24.2. The van der Waals surface area contributed by atoms with Crippen LogP contribution in [0.4, 0.5) is 11.4 Å². The van der Waals surface area contributed by atoms with E-state index in [1.165, 1.54) is 46.3 Å². The van der Waals surface area contributed by atoms with E-state index in [0.717, 1.165) is 97.1 Å². The molecule has 0 aliphatic carbocycles. The third kappa shape index (κ3) is 13.6. The standard InChI is InChI=1S/C64H86N8O13/c1-37(2)35-70-27-29-72(30-28-70)45-33-47(81-31-13-12-19-68-21-23-69(24-22-68)25-26-71-20-18-65-36-71)52-48(34-45)84-61-53(66-52)49-50-57(76)43(8)60-51(49)62(78)64(10,85-60)82-32-17-46(80-11)40(5)59(83-44(9)73)42(7)56(75)41(6)55(74)38(3)15-14-16-39(4)63(79)67-54(61)58(50)77/h14-18,20,32-34,36-38,40-42,46,55-56,59,74-75,77H,12-13,19,21-31,35H2,1-11H3,(H,67,79)/b15-14+,32-17+,39-16-/t38-,40+,41+,42+,46-,55-,56+,59+,64-/m0/s1. The van der Waals surface area contributed by atoms with Crippen molar-refractivity contribution in [2.45, 2.75) is 119 Å². The van der Waals surface area contributed by atoms with Crippen LogP contribution in [0.3, 0.4) is 0 Å². The molecule has 85 heavy (non-hydrogen) atoms. The first-order valence-electron chi connectivity index (χ1n) is 30.0. The molecule has 0 unspecified atom stereocenters. The maximum absolute atomic E-state index is 15.2. The summed E-state index contributed by atoms with van der Waals surface area (Å²) in [6.45, 7) is 28.4. The van der Waals surface area contributed by atoms with Crippen molar-refractivity contribution in [3.8, 4) is 17.2 Å². The van der Waals surface area contributed by atoms with Gasteiger partial charge in [-0.25, -0.2) is 9.97 Å². The van der Waals surface area contributed by atoms with Gasteiger partial charge in [-0.1, -0.05) is 59.8 Å². The number of carbonyl (C=O) groups is 3. The number of allylic oxidation sites excluding steroid dienone is 2. The topological polar surface area (TPSA) is 244 Å². The first-order valence-corrected chi connectivity index (χ1v) is 30.0. The highest BCUT2D eigenvalue weighted by Crippen LogP contribution is 2.49. The maximum Gasteiger partial charge on any atom is 0.312 e. The fourth-order valence-corrected chi connectivity index (χ4v) is 12.4. The number of aromatic nitrogens is 3. The number of Topliss-reactive ketones (excluding diaryl/α,β-unsaturated/α-hetero) is 1. The van der Waals surface area contributed by atoms with Crippen molar-refractivity contribution < 1.29 is 57.8 Å². The van der Waals surface area contributed by atoms with Crippen molar-refractivity contribution in [2.75, 3.05) is 95.9 Å². The molecule has 21 nitrogen and oxygen atoms in total. The number of methoxy groups -OCH3 is 1. The summed E-state index contributed by atoms with van der Waals surface area (Å²) >= 11 is 0. The number of ether oxygens (including phenoxy) is 5. The summed E-state index contributed by atoms with van der Waals surface area (Å²) in [6.07, 6.45) is 10.9. The van der Waals surface area contributed by atoms with Crippen LogP contribution in [0.25, 0.3) is 33.0 Å². The molecule has 460 valence electrons. The molecule has 4 aliphatic rings. The molecule has 2 aromatic heterocycles. The fraction of sp³-hybridized carbons (Fsp3) is 0.562. The summed E-state index contributed by atoms with van der Waals surface area (Å²) in [4.78, 5) is 76.3. The number of ketones is 1. The molecule has 5 aromatic rings. The summed E-state index contributed by atoms with van der Waals surface area (Å²) in [5, 5.41) is 38.3. The van der Waals surface area contributed by atoms with Gasteiger partial charge in [0.25, 0.3) is 11.7 Å². The van der Waals surface area contributed by atoms with Gasteiger partial charge in [-0.05, 0) is 45.2 Å². The lowest BCUT2D eigenvalue weighted by Gasteiger charge is -2.38. The van der Waals surface area contributed by atoms with Crippen LogP contribution in [-0.2, 0) is 30.3 Å². The minimum atomic E-state index is -2.09. The highest BCUT2D eigenvalue weighted by atomic mass is 16.7. The molecule has 3 aromatic carbocycles. The Hall–Kier alpha value is -6.88. The third-order valence-corrected chi connectivity index (χ3v) is 17.6. The number of hydrogen-bond acceptors (Lipinski definition) is 19. The molecule has 0 spiro atoms. The average molecular weight is 1180 g/mol. The number of phenolic OH excluding ortho intramolecular Hbond substituents is 1. The molecule has 9 rings (SSSR count). The monoisotopic (exact) mass is 1170 g/mol. The van der Waals surface area contributed by atoms with Crippen molar-refractivity contribution in [3.05, 3.63) is 88.3 Å². The molecule has 0 radical (unpaired) electrons. The zero-order chi connectivity index (χ0) is 61.0. The molecule has 21 heteroatoms. The lowest BCUT2D eigenvalue weighted by Crippen LogP contribution is -2.47. The maximum atomic E-state index is 15.2. The van der Waals surface area contributed by atoms with Crippen molar-refractivity contribution in [1.29, 1.82) is 0 Å². The average Bonchev–Trinajstić information content (AvgIpc) is 1.75. The number of aliphatic hydroxyl groups excluding tert-OH is 2. The number of unbranched alkanes of at least 4 members (excludes halogenated alkanes) is 1. The lowest BCUT2D eigenvalue weighted by molar-refractivity contribution is -0.160. The number of fused-ring (bicyclic) bond motifs is 2. The van der Waals surface area contributed by atoms with E-state index >= 15 is 4.79 Å². The first-order chi connectivity index (χ1) is 40.6. The largest absolute Gasteiger partial charge is 0.505 e. The molecular formula is C64H86N8O13. The molecule has 2 fully saturated rings. The Morgan fingerprint density at radius 1 is 0.871 bits per heavy atom. The SMILES string of the molecule is CO[C@H]1/C=C/O[C@@]2(C)Oc3c(C)c(=O)c4c(O)c(c5oc6cc(N7CCN(CC(C)C)CC7)cc(OCCCCN7CCN(CCn8ccnc8)CC7)c6nc5c4c3C2=O)NC(=O)/C(C)=C\C=C\[C@H](C)[C@H](O)[C@@H](C)[C@@H](O)[C@@H](C)[C@H](OC(C)=O)[C@@H]1C. The minimum Gasteiger partial charge on any atom is -0.505 e. The normalized spacial score (nSPS) is 27.5. The minimum absolute atomic E-state index is 0.0103. The smallest absolute Gasteiger partial charge is 0.312 e. The molecule has 6 heterocycles. The predicted molar refractivity (Wildman–Crippen MR) is 325 cm³/mol. The molecule has 9 atom stereocenters. The van der Waals surface area contributed by atoms with Gasteiger partial charge >= 0.3 is 11.8 Å². The Kier molecular flexibility index (Phi) is 19.8. The van der Waals surface area contributed by atoms with E-state index < -0.39 is 82.7 Å². The Labute approximate surface area is 497 Å². The zero-order valence-electron chi connectivity index (χ0n) is 51.1. The number of piperazine rings is 2. The van der Waals surface area contributed by atoms with E-state index in [2.05, 4.69) is 48.3 Å². The summed E-state index contributed by atoms with van der Waals surface area (Å²) in [5.41, 5.74) is 0.341. The van der Waals surface area contributed by atoms with Crippen molar-refractivity contribution in [2.24, 2.45) is 29.6 Å². The molecule has 1 amide bonds. The predicted octanol–water partition coefficient (Wildman–Crippen LogP) is 7.45. The fourth-order valence-electron chi connectivity index (χ4n) is 12.4. The molecular weight excluding hydrogens is 1090 g/mol. The number of hydrogen-bond donors (Lipinski definition) is 4. The number of rotatable bonds is 14. The molecule has 0 saturated carbocycles. The van der Waals surface area contributed by atoms with Crippen molar-refractivity contribution in [3.63, 3.8) is 0 Å². The number of esters is 1. The third-order valence-electron chi connectivity index (χ3n) is 17.6. The Bertz CT molecular complexity index is 3380. The number of amides is 1. The molecule has 4 N–H and O–H groups in total. The van der Waals surface area contributed by atoms with Crippen LogP contribution >= 0.6 is 0 Å². The molecule has 2 saturated heterocycles. The van der Waals surface area contributed by atoms with Crippen LogP contribution in [0.1, 0.15) is 91.1 Å². The van der Waals surface area contributed by atoms with Crippen LogP contribution in [0.5, 0.6) is 17.2 Å². The van der Waals surface area contributed by atoms with E-state index in [-0.39, 0.29) is 61.1 Å². The second-order valence-electron chi connectivity index (χ2n) is 24.2. The van der Waals surface area contributed by atoms with Crippen LogP contribution < -0.4 is 25.1 Å². The lowest BCUT2D eigenvalue weighted by atomic mass is 9.78. The van der Waals surface area contributed by atoms with Gasteiger partial charge in [0.05, 0.1) is 48.5 Å². The number of carbonyl (C=O) groups excluding carboxylic acids is 3. The summed E-state index contributed by atoms with van der Waals surface area (Å²) < 4.78 is 40.1. The van der Waals surface area contributed by atoms with Crippen LogP contribution in [0, 0.1) is 36.5 Å². The highest BCUT2D eigenvalue weighted by Gasteiger charge is 2.50. The van der Waals surface area contributed by atoms with Gasteiger partial charge in [-0.15, -0.1) is 0 Å². The van der Waals surface area contributed by atoms with Gasteiger partial charge in [0.1, 0.15) is 28.6 Å². The van der Waals surface area contributed by atoms with Crippen LogP contribution in [0.15, 0.2) is 76.2 Å². The first kappa shape index (κ1) is 62.6. The van der Waals surface area contributed by atoms with Gasteiger partial charge in [-0.3, -0.25) is 29.0 Å². The second kappa shape index (κ2) is 26.8. The van der Waals surface area contributed by atoms with E-state index in [0.29, 0.717) is 18.3 Å². The highest BCUT2D eigenvalue weighted by molar-refractivity contribution is 6.26.